The van der Waals surface area contributed by atoms with E-state index in [1.165, 1.54) is 10.5 Å². The predicted octanol–water partition coefficient (Wildman–Crippen LogP) is 7.75. The fraction of sp³-hybridized carbons (Fsp3) is 0.395. The second kappa shape index (κ2) is 14.7. The molecule has 248 valence electrons. The third-order valence-corrected chi connectivity index (χ3v) is 9.29. The normalized spacial score (nSPS) is 21.4. The van der Waals surface area contributed by atoms with Crippen LogP contribution in [0.5, 0.6) is 5.75 Å². The molecule has 4 atom stereocenters. The van der Waals surface area contributed by atoms with Crippen molar-refractivity contribution >= 4 is 29.4 Å². The van der Waals surface area contributed by atoms with Gasteiger partial charge in [-0.25, -0.2) is 0 Å². The van der Waals surface area contributed by atoms with E-state index in [9.17, 15) is 19.5 Å². The molecule has 9 heteroatoms. The highest BCUT2D eigenvalue weighted by molar-refractivity contribution is 6.30. The van der Waals surface area contributed by atoms with Gasteiger partial charge in [0.05, 0.1) is 12.2 Å². The van der Waals surface area contributed by atoms with Crippen LogP contribution in [0.1, 0.15) is 96.9 Å². The number of halogens is 1. The van der Waals surface area contributed by atoms with Crippen LogP contribution in [0.25, 0.3) is 0 Å². The van der Waals surface area contributed by atoms with Gasteiger partial charge in [-0.2, -0.15) is 0 Å². The van der Waals surface area contributed by atoms with Crippen molar-refractivity contribution in [1.29, 1.82) is 0 Å². The first-order valence-electron chi connectivity index (χ1n) is 16.2. The van der Waals surface area contributed by atoms with Gasteiger partial charge >= 0.3 is 5.97 Å². The molecule has 2 heterocycles. The van der Waals surface area contributed by atoms with Crippen molar-refractivity contribution in [2.24, 2.45) is 5.92 Å². The SMILES string of the molecule is CC(C)=CCC[C@]1(C)Oc2ccc(C(=O)NCc3ccc(C(=O)N(CC(=O)O)Cc4cccc(Cl)c4)cc3)cc2[C@@H]2O[C@H](C)CC[C@H]21. The minimum Gasteiger partial charge on any atom is -0.487 e. The van der Waals surface area contributed by atoms with Gasteiger partial charge in [0.15, 0.2) is 0 Å². The quantitative estimate of drug-likeness (QED) is 0.204. The minimum absolute atomic E-state index is 0.107. The van der Waals surface area contributed by atoms with Crippen molar-refractivity contribution in [1.82, 2.24) is 10.2 Å². The topological polar surface area (TPSA) is 105 Å². The number of carboxylic acids is 1. The number of nitrogens with zero attached hydrogens (tertiary/aromatic N) is 1. The molecule has 0 saturated carbocycles. The molecule has 2 aliphatic heterocycles. The van der Waals surface area contributed by atoms with Crippen molar-refractivity contribution in [2.45, 2.75) is 84.3 Å². The Bertz CT molecular complexity index is 1650. The highest BCUT2D eigenvalue weighted by Gasteiger charge is 2.49. The van der Waals surface area contributed by atoms with Crippen LogP contribution in [-0.2, 0) is 22.6 Å². The Morgan fingerprint density at radius 1 is 1.02 bits per heavy atom. The molecule has 47 heavy (non-hydrogen) atoms. The maximum atomic E-state index is 13.3. The number of amides is 2. The lowest BCUT2D eigenvalue weighted by atomic mass is 9.72. The van der Waals surface area contributed by atoms with E-state index >= 15 is 0 Å². The molecule has 3 aromatic rings. The number of ether oxygens (including phenoxy) is 2. The Labute approximate surface area is 281 Å². The summed E-state index contributed by atoms with van der Waals surface area (Å²) in [6.45, 7) is 8.42. The Balaban J connectivity index is 1.25. The highest BCUT2D eigenvalue weighted by atomic mass is 35.5. The number of benzene rings is 3. The summed E-state index contributed by atoms with van der Waals surface area (Å²) in [6, 6.07) is 19.3. The summed E-state index contributed by atoms with van der Waals surface area (Å²) in [5.41, 5.74) is 4.25. The van der Waals surface area contributed by atoms with Gasteiger partial charge in [0, 0.05) is 40.7 Å². The lowest BCUT2D eigenvalue weighted by Gasteiger charge is -2.50. The van der Waals surface area contributed by atoms with Crippen LogP contribution in [0.4, 0.5) is 0 Å². The van der Waals surface area contributed by atoms with Crippen molar-refractivity contribution in [2.75, 3.05) is 6.54 Å². The highest BCUT2D eigenvalue weighted by Crippen LogP contribution is 2.52. The number of hydrogen-bond donors (Lipinski definition) is 2. The lowest BCUT2D eigenvalue weighted by molar-refractivity contribution is -0.152. The standard InChI is InChI=1S/C38H43ClN2O6/c1-24(2)7-6-18-38(4)32-16-10-25(3)46-35(32)31-20-29(15-17-33(31)47-38)36(44)40-21-26-11-13-28(14-12-26)37(45)41(23-34(42)43)22-27-8-5-9-30(39)19-27/h5,7-9,11-15,17,19-20,25,32,35H,6,10,16,18,21-23H2,1-4H3,(H,40,44)(H,42,43)/t25-,32-,35+,38+/m1/s1. The zero-order chi connectivity index (χ0) is 33.7. The molecule has 0 unspecified atom stereocenters. The molecule has 0 radical (unpaired) electrons. The molecule has 1 saturated heterocycles. The summed E-state index contributed by atoms with van der Waals surface area (Å²) in [7, 11) is 0. The second-order valence-electron chi connectivity index (χ2n) is 13.1. The van der Waals surface area contributed by atoms with E-state index in [1.807, 2.05) is 12.1 Å². The van der Waals surface area contributed by atoms with Gasteiger partial charge in [0.25, 0.3) is 11.8 Å². The summed E-state index contributed by atoms with van der Waals surface area (Å²) < 4.78 is 13.2. The average molecular weight is 659 g/mol. The molecule has 2 amide bonds. The van der Waals surface area contributed by atoms with E-state index in [2.05, 4.69) is 39.1 Å². The van der Waals surface area contributed by atoms with E-state index < -0.39 is 18.4 Å². The van der Waals surface area contributed by atoms with Crippen LogP contribution in [0.15, 0.2) is 78.4 Å². The molecule has 0 spiro atoms. The van der Waals surface area contributed by atoms with E-state index in [1.54, 1.807) is 54.6 Å². The van der Waals surface area contributed by atoms with Gasteiger partial charge in [-0.1, -0.05) is 47.5 Å². The number of aliphatic carboxylic acids is 1. The monoisotopic (exact) mass is 658 g/mol. The Hall–Kier alpha value is -4.14. The maximum absolute atomic E-state index is 13.3. The Morgan fingerprint density at radius 2 is 1.77 bits per heavy atom. The molecule has 0 aromatic heterocycles. The van der Waals surface area contributed by atoms with Crippen LogP contribution >= 0.6 is 11.6 Å². The molecule has 5 rings (SSSR count). The predicted molar refractivity (Wildman–Crippen MR) is 182 cm³/mol. The fourth-order valence-electron chi connectivity index (χ4n) is 6.56. The number of carbonyl (C=O) groups is 3. The van der Waals surface area contributed by atoms with E-state index in [0.717, 1.165) is 48.1 Å². The summed E-state index contributed by atoms with van der Waals surface area (Å²) in [6.07, 6.45) is 6.04. The first-order chi connectivity index (χ1) is 22.4. The van der Waals surface area contributed by atoms with Gasteiger partial charge < -0.3 is 24.8 Å². The zero-order valence-corrected chi connectivity index (χ0v) is 28.2. The fourth-order valence-corrected chi connectivity index (χ4v) is 6.77. The summed E-state index contributed by atoms with van der Waals surface area (Å²) >= 11 is 6.07. The number of carboxylic acid groups (broad SMARTS) is 1. The van der Waals surface area contributed by atoms with Crippen molar-refractivity contribution in [3.63, 3.8) is 0 Å². The van der Waals surface area contributed by atoms with Gasteiger partial charge in [-0.05, 0) is 107 Å². The molecule has 2 N–H and O–H groups in total. The zero-order valence-electron chi connectivity index (χ0n) is 27.4. The third kappa shape index (κ3) is 8.42. The van der Waals surface area contributed by atoms with Crippen LogP contribution in [0, 0.1) is 5.92 Å². The largest absolute Gasteiger partial charge is 0.487 e. The van der Waals surface area contributed by atoms with Gasteiger partial charge in [0.1, 0.15) is 17.9 Å². The summed E-state index contributed by atoms with van der Waals surface area (Å²) in [4.78, 5) is 39.3. The first-order valence-corrected chi connectivity index (χ1v) is 16.5. The number of rotatable bonds is 11. The van der Waals surface area contributed by atoms with Crippen LogP contribution in [-0.4, -0.2) is 46.0 Å². The molecule has 2 aliphatic rings. The summed E-state index contributed by atoms with van der Waals surface area (Å²) in [5.74, 6) is -0.788. The van der Waals surface area contributed by atoms with Crippen LogP contribution in [0.3, 0.4) is 0 Å². The van der Waals surface area contributed by atoms with Gasteiger partial charge in [0.2, 0.25) is 0 Å². The first kappa shape index (κ1) is 34.2. The van der Waals surface area contributed by atoms with Crippen molar-refractivity contribution in [3.8, 4) is 5.75 Å². The molecule has 0 aliphatic carbocycles. The van der Waals surface area contributed by atoms with Crippen LogP contribution in [0.2, 0.25) is 5.02 Å². The summed E-state index contributed by atoms with van der Waals surface area (Å²) in [5, 5.41) is 12.9. The number of carbonyl (C=O) groups excluding carboxylic acids is 2. The third-order valence-electron chi connectivity index (χ3n) is 9.06. The van der Waals surface area contributed by atoms with Gasteiger partial charge in [-0.15, -0.1) is 0 Å². The van der Waals surface area contributed by atoms with Crippen LogP contribution < -0.4 is 10.1 Å². The van der Waals surface area contributed by atoms with E-state index in [-0.39, 0.29) is 42.7 Å². The smallest absolute Gasteiger partial charge is 0.323 e. The average Bonchev–Trinajstić information content (AvgIpc) is 3.02. The van der Waals surface area contributed by atoms with E-state index in [0.29, 0.717) is 16.1 Å². The molecule has 3 aromatic carbocycles. The Morgan fingerprint density at radius 3 is 2.47 bits per heavy atom. The van der Waals surface area contributed by atoms with Crippen molar-refractivity contribution in [3.05, 3.63) is 111 Å². The number of fused-ring (bicyclic) bond motifs is 3. The number of hydrogen-bond acceptors (Lipinski definition) is 5. The lowest BCUT2D eigenvalue weighted by Crippen LogP contribution is -2.50. The molecule has 8 nitrogen and oxygen atoms in total. The minimum atomic E-state index is -1.11. The molecule has 1 fully saturated rings. The Kier molecular flexibility index (Phi) is 10.7. The molecular formula is C38H43ClN2O6. The van der Waals surface area contributed by atoms with E-state index in [4.69, 9.17) is 21.1 Å². The molecular weight excluding hydrogens is 616 g/mol. The molecule has 0 bridgehead atoms. The maximum Gasteiger partial charge on any atom is 0.323 e. The van der Waals surface area contributed by atoms with Crippen molar-refractivity contribution < 1.29 is 29.0 Å². The number of nitrogens with one attached hydrogen (secondary N) is 1. The van der Waals surface area contributed by atoms with Gasteiger partial charge in [-0.3, -0.25) is 14.4 Å². The number of allylic oxidation sites excluding steroid dienone is 2. The second-order valence-corrected chi connectivity index (χ2v) is 13.5.